The molecule has 184 valence electrons. The van der Waals surface area contributed by atoms with E-state index in [4.69, 9.17) is 4.98 Å². The highest BCUT2D eigenvalue weighted by molar-refractivity contribution is 7.92. The third-order valence-electron chi connectivity index (χ3n) is 6.88. The number of carbonyl (C=O) groups excluding carboxylic acids is 1. The lowest BCUT2D eigenvalue weighted by atomic mass is 9.93. The van der Waals surface area contributed by atoms with E-state index in [1.165, 1.54) is 0 Å². The Labute approximate surface area is 199 Å². The van der Waals surface area contributed by atoms with Crippen LogP contribution in [-0.2, 0) is 26.6 Å². The van der Waals surface area contributed by atoms with Gasteiger partial charge in [0.25, 0.3) is 0 Å². The van der Waals surface area contributed by atoms with E-state index in [0.717, 1.165) is 62.2 Å². The summed E-state index contributed by atoms with van der Waals surface area (Å²) in [4.78, 5) is 19.0. The topological polar surface area (TPSA) is 72.3 Å². The van der Waals surface area contributed by atoms with Crippen molar-refractivity contribution in [3.8, 4) is 0 Å². The standard InChI is InChI=1S/C26H41N3O3S/c1-7-9-21(10-8-2)33(31,32)22-11-12-24-23(17-22)27-25(26(4,5)6)29(24)18-20-13-15-28(16-14-20)19(3)30/h11-12,17,20-21H,7-10,13-16,18H2,1-6H3. The van der Waals surface area contributed by atoms with Gasteiger partial charge in [-0.25, -0.2) is 13.4 Å². The maximum Gasteiger partial charge on any atom is 0.219 e. The van der Waals surface area contributed by atoms with Gasteiger partial charge in [-0.3, -0.25) is 4.79 Å². The van der Waals surface area contributed by atoms with Crippen LogP contribution < -0.4 is 0 Å². The summed E-state index contributed by atoms with van der Waals surface area (Å²) in [5.41, 5.74) is 1.59. The van der Waals surface area contributed by atoms with E-state index in [9.17, 15) is 13.2 Å². The Kier molecular flexibility index (Phi) is 7.92. The quantitative estimate of drug-likeness (QED) is 0.517. The second kappa shape index (κ2) is 10.2. The van der Waals surface area contributed by atoms with E-state index >= 15 is 0 Å². The highest BCUT2D eigenvalue weighted by atomic mass is 32.2. The van der Waals surface area contributed by atoms with Gasteiger partial charge >= 0.3 is 0 Å². The number of benzene rings is 1. The highest BCUT2D eigenvalue weighted by Gasteiger charge is 2.30. The molecule has 2 heterocycles. The number of hydrogen-bond donors (Lipinski definition) is 0. The maximum absolute atomic E-state index is 13.4. The monoisotopic (exact) mass is 475 g/mol. The predicted molar refractivity (Wildman–Crippen MR) is 134 cm³/mol. The van der Waals surface area contributed by atoms with Gasteiger partial charge in [-0.05, 0) is 49.8 Å². The molecule has 1 aliphatic rings. The Morgan fingerprint density at radius 3 is 2.24 bits per heavy atom. The molecule has 33 heavy (non-hydrogen) atoms. The number of nitrogens with zero attached hydrogens (tertiary/aromatic N) is 3. The molecule has 0 aliphatic carbocycles. The first-order chi connectivity index (χ1) is 15.5. The van der Waals surface area contributed by atoms with Crippen molar-refractivity contribution in [2.24, 2.45) is 5.92 Å². The molecule has 1 amide bonds. The number of aromatic nitrogens is 2. The number of rotatable bonds is 8. The minimum atomic E-state index is -3.38. The first-order valence-electron chi connectivity index (χ1n) is 12.5. The average Bonchev–Trinajstić information content (AvgIpc) is 3.12. The van der Waals surface area contributed by atoms with Crippen molar-refractivity contribution in [2.45, 2.75) is 102 Å². The van der Waals surface area contributed by atoms with Crippen molar-refractivity contribution in [1.29, 1.82) is 0 Å². The molecule has 0 atom stereocenters. The van der Waals surface area contributed by atoms with Crippen molar-refractivity contribution < 1.29 is 13.2 Å². The Balaban J connectivity index is 1.97. The lowest BCUT2D eigenvalue weighted by Gasteiger charge is -2.32. The van der Waals surface area contributed by atoms with Crippen LogP contribution in [-0.4, -0.2) is 47.1 Å². The molecule has 0 saturated carbocycles. The number of amides is 1. The summed E-state index contributed by atoms with van der Waals surface area (Å²) < 4.78 is 29.0. The van der Waals surface area contributed by atoms with Gasteiger partial charge in [-0.2, -0.15) is 0 Å². The minimum absolute atomic E-state index is 0.148. The molecule has 0 spiro atoms. The van der Waals surface area contributed by atoms with Gasteiger partial charge in [0.2, 0.25) is 5.91 Å². The summed E-state index contributed by atoms with van der Waals surface area (Å²) in [6.07, 6.45) is 5.05. The third-order valence-corrected chi connectivity index (χ3v) is 9.14. The molecule has 1 aliphatic heterocycles. The van der Waals surface area contributed by atoms with Gasteiger partial charge in [-0.1, -0.05) is 47.5 Å². The van der Waals surface area contributed by atoms with Gasteiger partial charge in [-0.15, -0.1) is 0 Å². The fraction of sp³-hybridized carbons (Fsp3) is 0.692. The fourth-order valence-electron chi connectivity index (χ4n) is 5.02. The van der Waals surface area contributed by atoms with E-state index in [1.54, 1.807) is 19.1 Å². The second-order valence-corrected chi connectivity index (χ2v) is 12.9. The van der Waals surface area contributed by atoms with E-state index in [-0.39, 0.29) is 16.6 Å². The van der Waals surface area contributed by atoms with Gasteiger partial charge in [0.05, 0.1) is 21.2 Å². The predicted octanol–water partition coefficient (Wildman–Crippen LogP) is 5.33. The normalized spacial score (nSPS) is 16.2. The second-order valence-electron chi connectivity index (χ2n) is 10.6. The van der Waals surface area contributed by atoms with Crippen molar-refractivity contribution in [3.63, 3.8) is 0 Å². The summed E-state index contributed by atoms with van der Waals surface area (Å²) in [7, 11) is -3.38. The number of fused-ring (bicyclic) bond motifs is 1. The molecule has 0 N–H and O–H groups in total. The molecule has 7 heteroatoms. The smallest absolute Gasteiger partial charge is 0.219 e. The molecule has 0 unspecified atom stereocenters. The first kappa shape index (κ1) is 25.7. The fourth-order valence-corrected chi connectivity index (χ4v) is 7.03. The van der Waals surface area contributed by atoms with Crippen molar-refractivity contribution in [3.05, 3.63) is 24.0 Å². The van der Waals surface area contributed by atoms with Crippen molar-refractivity contribution >= 4 is 26.8 Å². The zero-order chi connectivity index (χ0) is 24.4. The number of sulfone groups is 1. The summed E-state index contributed by atoms with van der Waals surface area (Å²) in [5.74, 6) is 1.61. The van der Waals surface area contributed by atoms with Crippen LogP contribution in [0.15, 0.2) is 23.1 Å². The zero-order valence-electron chi connectivity index (χ0n) is 21.2. The van der Waals surface area contributed by atoms with E-state index in [1.807, 2.05) is 24.8 Å². The summed E-state index contributed by atoms with van der Waals surface area (Å²) in [6.45, 7) is 14.6. The molecular formula is C26H41N3O3S. The van der Waals surface area contributed by atoms with Gasteiger partial charge in [0.1, 0.15) is 5.82 Å². The van der Waals surface area contributed by atoms with E-state index in [2.05, 4.69) is 25.3 Å². The Morgan fingerprint density at radius 2 is 1.73 bits per heavy atom. The number of carbonyl (C=O) groups is 1. The largest absolute Gasteiger partial charge is 0.343 e. The molecule has 3 rings (SSSR count). The SMILES string of the molecule is CCCC(CCC)S(=O)(=O)c1ccc2c(c1)nc(C(C)(C)C)n2CC1CCN(C(C)=O)CC1. The molecule has 1 aromatic heterocycles. The van der Waals surface area contributed by atoms with Crippen LogP contribution in [0.4, 0.5) is 0 Å². The molecule has 1 fully saturated rings. The highest BCUT2D eigenvalue weighted by Crippen LogP contribution is 2.32. The van der Waals surface area contributed by atoms with Gasteiger partial charge in [0.15, 0.2) is 9.84 Å². The van der Waals surface area contributed by atoms with Crippen LogP contribution in [0, 0.1) is 5.92 Å². The number of imidazole rings is 1. The number of piperidine rings is 1. The van der Waals surface area contributed by atoms with Gasteiger partial charge in [0, 0.05) is 32.0 Å². The van der Waals surface area contributed by atoms with Crippen LogP contribution in [0.1, 0.15) is 85.9 Å². The van der Waals surface area contributed by atoms with Crippen molar-refractivity contribution in [2.75, 3.05) is 13.1 Å². The lowest BCUT2D eigenvalue weighted by Crippen LogP contribution is -2.38. The molecule has 0 radical (unpaired) electrons. The summed E-state index contributed by atoms with van der Waals surface area (Å²) in [5, 5.41) is -0.333. The molecular weight excluding hydrogens is 434 g/mol. The number of hydrogen-bond acceptors (Lipinski definition) is 4. The lowest BCUT2D eigenvalue weighted by molar-refractivity contribution is -0.130. The van der Waals surface area contributed by atoms with Crippen LogP contribution >= 0.6 is 0 Å². The van der Waals surface area contributed by atoms with E-state index < -0.39 is 9.84 Å². The average molecular weight is 476 g/mol. The van der Waals surface area contributed by atoms with Crippen LogP contribution in [0.5, 0.6) is 0 Å². The summed E-state index contributed by atoms with van der Waals surface area (Å²) in [6, 6.07) is 5.51. The molecule has 0 bridgehead atoms. The Bertz CT molecular complexity index is 1070. The van der Waals surface area contributed by atoms with Crippen LogP contribution in [0.3, 0.4) is 0 Å². The molecule has 1 saturated heterocycles. The Hall–Kier alpha value is -1.89. The molecule has 2 aromatic rings. The van der Waals surface area contributed by atoms with Crippen LogP contribution in [0.2, 0.25) is 0 Å². The Morgan fingerprint density at radius 1 is 1.12 bits per heavy atom. The van der Waals surface area contributed by atoms with Crippen molar-refractivity contribution in [1.82, 2.24) is 14.5 Å². The third kappa shape index (κ3) is 5.61. The first-order valence-corrected chi connectivity index (χ1v) is 14.0. The van der Waals surface area contributed by atoms with E-state index in [0.29, 0.717) is 23.7 Å². The number of likely N-dealkylation sites (tertiary alicyclic amines) is 1. The molecule has 6 nitrogen and oxygen atoms in total. The maximum atomic E-state index is 13.4. The summed E-state index contributed by atoms with van der Waals surface area (Å²) >= 11 is 0. The van der Waals surface area contributed by atoms with Gasteiger partial charge < -0.3 is 9.47 Å². The minimum Gasteiger partial charge on any atom is -0.343 e. The molecule has 1 aromatic carbocycles. The zero-order valence-corrected chi connectivity index (χ0v) is 22.0. The van der Waals surface area contributed by atoms with Crippen LogP contribution in [0.25, 0.3) is 11.0 Å².